The normalized spacial score (nSPS) is 12.7. The van der Waals surface area contributed by atoms with Crippen LogP contribution in [0.5, 0.6) is 0 Å². The first kappa shape index (κ1) is 14.2. The molecule has 21 heavy (non-hydrogen) atoms. The maximum absolute atomic E-state index is 4.57. The molecule has 2 heterocycles. The van der Waals surface area contributed by atoms with E-state index in [9.17, 15) is 0 Å². The van der Waals surface area contributed by atoms with Crippen LogP contribution >= 0.6 is 11.3 Å². The second-order valence-electron chi connectivity index (χ2n) is 5.49. The summed E-state index contributed by atoms with van der Waals surface area (Å²) in [5, 5.41) is 5.54. The maximum Gasteiger partial charge on any atom is 0.0809 e. The second-order valence-corrected chi connectivity index (χ2v) is 6.44. The summed E-state index contributed by atoms with van der Waals surface area (Å²) in [5.74, 6) is 0. The molecule has 0 amide bonds. The molecule has 0 aliphatic rings. The van der Waals surface area contributed by atoms with Crippen LogP contribution in [-0.2, 0) is 6.42 Å². The zero-order valence-electron chi connectivity index (χ0n) is 12.7. The zero-order valence-corrected chi connectivity index (χ0v) is 13.5. The van der Waals surface area contributed by atoms with Crippen LogP contribution in [-0.4, -0.2) is 12.0 Å². The Morgan fingerprint density at radius 1 is 1.19 bits per heavy atom. The number of nitrogens with zero attached hydrogens (tertiary/aromatic N) is 1. The number of aryl methyl sites for hydroxylation is 2. The van der Waals surface area contributed by atoms with Crippen molar-refractivity contribution in [1.82, 2.24) is 10.3 Å². The van der Waals surface area contributed by atoms with Gasteiger partial charge in [0.05, 0.1) is 10.2 Å². The molecule has 2 nitrogen and oxygen atoms in total. The third kappa shape index (κ3) is 2.85. The van der Waals surface area contributed by atoms with Gasteiger partial charge in [-0.25, -0.2) is 0 Å². The molecule has 3 rings (SSSR count). The van der Waals surface area contributed by atoms with E-state index in [0.29, 0.717) is 6.04 Å². The molecule has 0 spiro atoms. The minimum absolute atomic E-state index is 0.295. The molecule has 0 radical (unpaired) electrons. The van der Waals surface area contributed by atoms with Gasteiger partial charge >= 0.3 is 0 Å². The summed E-state index contributed by atoms with van der Waals surface area (Å²) >= 11 is 1.75. The predicted octanol–water partition coefficient (Wildman–Crippen LogP) is 4.42. The van der Waals surface area contributed by atoms with Crippen LogP contribution < -0.4 is 5.32 Å². The number of hydrogen-bond donors (Lipinski definition) is 1. The lowest BCUT2D eigenvalue weighted by molar-refractivity contribution is 0.588. The van der Waals surface area contributed by atoms with E-state index in [1.54, 1.807) is 11.3 Å². The summed E-state index contributed by atoms with van der Waals surface area (Å²) in [4.78, 5) is 4.57. The Bertz CT molecular complexity index is 741. The van der Waals surface area contributed by atoms with Crippen LogP contribution in [0.4, 0.5) is 0 Å². The molecule has 1 unspecified atom stereocenters. The molecule has 2 aromatic heterocycles. The first-order chi connectivity index (χ1) is 10.2. The van der Waals surface area contributed by atoms with Crippen molar-refractivity contribution in [3.05, 3.63) is 64.2 Å². The van der Waals surface area contributed by atoms with E-state index in [4.69, 9.17) is 0 Å². The van der Waals surface area contributed by atoms with Crippen LogP contribution in [0.3, 0.4) is 0 Å². The SMILES string of the molecule is CNC(Cc1c(C)cccc1C)c1cnc2ccsc2c1. The summed E-state index contributed by atoms with van der Waals surface area (Å²) < 4.78 is 1.26. The molecule has 0 saturated heterocycles. The Hall–Kier alpha value is -1.71. The number of likely N-dealkylation sites (N-methyl/N-ethyl adjacent to an activating group) is 1. The summed E-state index contributed by atoms with van der Waals surface area (Å²) in [7, 11) is 2.02. The number of pyridine rings is 1. The Labute approximate surface area is 129 Å². The number of fused-ring (bicyclic) bond motifs is 1. The van der Waals surface area contributed by atoms with Crippen molar-refractivity contribution >= 4 is 21.6 Å². The van der Waals surface area contributed by atoms with Gasteiger partial charge in [-0.1, -0.05) is 18.2 Å². The van der Waals surface area contributed by atoms with Gasteiger partial charge in [-0.05, 0) is 67.1 Å². The number of nitrogens with one attached hydrogen (secondary N) is 1. The minimum Gasteiger partial charge on any atom is -0.313 e. The Balaban J connectivity index is 1.94. The number of rotatable bonds is 4. The van der Waals surface area contributed by atoms with Gasteiger partial charge in [-0.2, -0.15) is 0 Å². The minimum atomic E-state index is 0.295. The van der Waals surface area contributed by atoms with Crippen LogP contribution in [0, 0.1) is 13.8 Å². The Morgan fingerprint density at radius 3 is 2.67 bits per heavy atom. The van der Waals surface area contributed by atoms with Crippen molar-refractivity contribution in [3.8, 4) is 0 Å². The summed E-state index contributed by atoms with van der Waals surface area (Å²) in [6.07, 6.45) is 3.00. The maximum atomic E-state index is 4.57. The molecular weight excluding hydrogens is 276 g/mol. The first-order valence-corrected chi connectivity index (χ1v) is 8.12. The van der Waals surface area contributed by atoms with Gasteiger partial charge in [0.25, 0.3) is 0 Å². The van der Waals surface area contributed by atoms with E-state index in [1.165, 1.54) is 27.0 Å². The third-order valence-corrected chi connectivity index (χ3v) is 4.98. The lowest BCUT2D eigenvalue weighted by Gasteiger charge is -2.19. The van der Waals surface area contributed by atoms with Gasteiger partial charge in [0, 0.05) is 12.2 Å². The molecule has 3 heteroatoms. The largest absolute Gasteiger partial charge is 0.313 e. The zero-order chi connectivity index (χ0) is 14.8. The van der Waals surface area contributed by atoms with Crippen molar-refractivity contribution in [2.45, 2.75) is 26.3 Å². The van der Waals surface area contributed by atoms with Crippen molar-refractivity contribution < 1.29 is 0 Å². The van der Waals surface area contributed by atoms with Gasteiger partial charge in [-0.3, -0.25) is 4.98 Å². The van der Waals surface area contributed by atoms with Crippen LogP contribution in [0.25, 0.3) is 10.2 Å². The average Bonchev–Trinajstić information content (AvgIpc) is 2.94. The topological polar surface area (TPSA) is 24.9 Å². The molecule has 1 aromatic carbocycles. The molecule has 3 aromatic rings. The predicted molar refractivity (Wildman–Crippen MR) is 91.0 cm³/mol. The van der Waals surface area contributed by atoms with Crippen LogP contribution in [0.1, 0.15) is 28.3 Å². The lowest BCUT2D eigenvalue weighted by Crippen LogP contribution is -2.20. The molecule has 1 atom stereocenters. The van der Waals surface area contributed by atoms with Crippen LogP contribution in [0.15, 0.2) is 41.9 Å². The molecule has 1 N–H and O–H groups in total. The van der Waals surface area contributed by atoms with E-state index in [1.807, 2.05) is 13.2 Å². The fraction of sp³-hybridized carbons (Fsp3) is 0.278. The van der Waals surface area contributed by atoms with Crippen molar-refractivity contribution in [3.63, 3.8) is 0 Å². The number of benzene rings is 1. The van der Waals surface area contributed by atoms with Gasteiger partial charge in [0.2, 0.25) is 0 Å². The van der Waals surface area contributed by atoms with Gasteiger partial charge in [-0.15, -0.1) is 11.3 Å². The quantitative estimate of drug-likeness (QED) is 0.771. The number of hydrogen-bond acceptors (Lipinski definition) is 3. The molecule has 0 fully saturated rings. The lowest BCUT2D eigenvalue weighted by atomic mass is 9.93. The Kier molecular flexibility index (Phi) is 4.04. The van der Waals surface area contributed by atoms with Gasteiger partial charge < -0.3 is 5.32 Å². The van der Waals surface area contributed by atoms with Crippen molar-refractivity contribution in [1.29, 1.82) is 0 Å². The van der Waals surface area contributed by atoms with E-state index in [0.717, 1.165) is 11.9 Å². The fourth-order valence-corrected chi connectivity index (χ4v) is 3.60. The molecule has 0 aliphatic carbocycles. The highest BCUT2D eigenvalue weighted by Crippen LogP contribution is 2.26. The highest BCUT2D eigenvalue weighted by Gasteiger charge is 2.14. The second kappa shape index (κ2) is 5.96. The molecular formula is C18H20N2S. The highest BCUT2D eigenvalue weighted by molar-refractivity contribution is 7.17. The number of thiophene rings is 1. The smallest absolute Gasteiger partial charge is 0.0809 e. The fourth-order valence-electron chi connectivity index (χ4n) is 2.81. The van der Waals surface area contributed by atoms with Crippen molar-refractivity contribution in [2.75, 3.05) is 7.05 Å². The summed E-state index contributed by atoms with van der Waals surface area (Å²) in [5.41, 5.74) is 6.50. The standard InChI is InChI=1S/C18H20N2S/c1-12-5-4-6-13(2)15(12)10-17(19-3)14-9-18-16(20-11-14)7-8-21-18/h4-9,11,17,19H,10H2,1-3H3. The average molecular weight is 296 g/mol. The number of aromatic nitrogens is 1. The molecule has 0 aliphatic heterocycles. The van der Waals surface area contributed by atoms with Gasteiger partial charge in [0.1, 0.15) is 0 Å². The van der Waals surface area contributed by atoms with Crippen molar-refractivity contribution in [2.24, 2.45) is 0 Å². The van der Waals surface area contributed by atoms with E-state index in [2.05, 4.69) is 59.9 Å². The van der Waals surface area contributed by atoms with E-state index < -0.39 is 0 Å². The highest BCUT2D eigenvalue weighted by atomic mass is 32.1. The Morgan fingerprint density at radius 2 is 1.95 bits per heavy atom. The van der Waals surface area contributed by atoms with Crippen LogP contribution in [0.2, 0.25) is 0 Å². The van der Waals surface area contributed by atoms with E-state index in [-0.39, 0.29) is 0 Å². The monoisotopic (exact) mass is 296 g/mol. The first-order valence-electron chi connectivity index (χ1n) is 7.24. The summed E-state index contributed by atoms with van der Waals surface area (Å²) in [6.45, 7) is 4.38. The van der Waals surface area contributed by atoms with Gasteiger partial charge in [0.15, 0.2) is 0 Å². The van der Waals surface area contributed by atoms with E-state index >= 15 is 0 Å². The molecule has 108 valence electrons. The summed E-state index contributed by atoms with van der Waals surface area (Å²) in [6, 6.07) is 11.1. The molecule has 0 bridgehead atoms. The molecule has 0 saturated carbocycles. The third-order valence-electron chi connectivity index (χ3n) is 4.13.